The van der Waals surface area contributed by atoms with Crippen LogP contribution in [0.2, 0.25) is 0 Å². The topological polar surface area (TPSA) is 55.1 Å². The Morgan fingerprint density at radius 3 is 2.82 bits per heavy atom. The highest BCUT2D eigenvalue weighted by atomic mass is 19.1. The van der Waals surface area contributed by atoms with Crippen LogP contribution in [0.15, 0.2) is 30.4 Å². The molecule has 0 aromatic heterocycles. The summed E-state index contributed by atoms with van der Waals surface area (Å²) in [6, 6.07) is 4.01. The number of allylic oxidation sites excluding steroid dienone is 1. The molecule has 1 atom stereocenters. The molecule has 1 aliphatic rings. The predicted octanol–water partition coefficient (Wildman–Crippen LogP) is 2.25. The summed E-state index contributed by atoms with van der Waals surface area (Å²) >= 11 is 0. The Morgan fingerprint density at radius 2 is 2.18 bits per heavy atom. The van der Waals surface area contributed by atoms with Crippen molar-refractivity contribution >= 4 is 11.6 Å². The number of nitrogens with two attached hydrogens (primary N) is 1. The van der Waals surface area contributed by atoms with Gasteiger partial charge in [0.25, 0.3) is 5.91 Å². The van der Waals surface area contributed by atoms with E-state index in [1.165, 1.54) is 18.2 Å². The van der Waals surface area contributed by atoms with Gasteiger partial charge in [-0.3, -0.25) is 4.79 Å². The molecule has 0 spiro atoms. The molecule has 0 saturated carbocycles. The molecule has 0 saturated heterocycles. The molecule has 1 amide bonds. The summed E-state index contributed by atoms with van der Waals surface area (Å²) in [6.07, 6.45) is 6.87. The van der Waals surface area contributed by atoms with Gasteiger partial charge in [0.15, 0.2) is 0 Å². The van der Waals surface area contributed by atoms with Crippen molar-refractivity contribution < 1.29 is 9.18 Å². The van der Waals surface area contributed by atoms with E-state index in [9.17, 15) is 9.18 Å². The Bertz CT molecular complexity index is 436. The van der Waals surface area contributed by atoms with Crippen LogP contribution in [0.5, 0.6) is 0 Å². The minimum atomic E-state index is -0.487. The first kappa shape index (κ1) is 11.6. The van der Waals surface area contributed by atoms with Crippen LogP contribution in [-0.4, -0.2) is 11.9 Å². The Kier molecular flexibility index (Phi) is 3.42. The second kappa shape index (κ2) is 4.99. The van der Waals surface area contributed by atoms with Crippen LogP contribution < -0.4 is 11.1 Å². The van der Waals surface area contributed by atoms with E-state index in [1.807, 2.05) is 6.08 Å². The zero-order chi connectivity index (χ0) is 12.3. The molecule has 4 heteroatoms. The number of hydrogen-bond donors (Lipinski definition) is 2. The van der Waals surface area contributed by atoms with E-state index in [2.05, 4.69) is 11.4 Å². The van der Waals surface area contributed by atoms with Gasteiger partial charge >= 0.3 is 0 Å². The minimum Gasteiger partial charge on any atom is -0.399 e. The Morgan fingerprint density at radius 1 is 1.35 bits per heavy atom. The normalized spacial score (nSPS) is 19.0. The first-order valence-electron chi connectivity index (χ1n) is 5.67. The molecule has 1 unspecified atom stereocenters. The van der Waals surface area contributed by atoms with Gasteiger partial charge in [-0.05, 0) is 37.5 Å². The number of rotatable bonds is 2. The van der Waals surface area contributed by atoms with E-state index < -0.39 is 5.82 Å². The highest BCUT2D eigenvalue weighted by molar-refractivity contribution is 5.95. The monoisotopic (exact) mass is 234 g/mol. The molecular weight excluding hydrogens is 219 g/mol. The van der Waals surface area contributed by atoms with Crippen LogP contribution in [0, 0.1) is 5.82 Å². The largest absolute Gasteiger partial charge is 0.399 e. The van der Waals surface area contributed by atoms with E-state index in [-0.39, 0.29) is 23.2 Å². The van der Waals surface area contributed by atoms with Crippen molar-refractivity contribution in [1.82, 2.24) is 5.32 Å². The number of halogens is 1. The summed E-state index contributed by atoms with van der Waals surface area (Å²) in [5.74, 6) is -0.754. The lowest BCUT2D eigenvalue weighted by atomic mass is 10.0. The summed E-state index contributed by atoms with van der Waals surface area (Å²) in [6.45, 7) is 0. The molecule has 0 bridgehead atoms. The molecule has 1 aromatic rings. The Balaban J connectivity index is 2.06. The first-order valence-corrected chi connectivity index (χ1v) is 5.67. The molecule has 1 aliphatic carbocycles. The van der Waals surface area contributed by atoms with Gasteiger partial charge < -0.3 is 11.1 Å². The van der Waals surface area contributed by atoms with Crippen LogP contribution in [0.4, 0.5) is 10.1 Å². The zero-order valence-electron chi connectivity index (χ0n) is 9.45. The molecule has 3 N–H and O–H groups in total. The van der Waals surface area contributed by atoms with E-state index in [0.29, 0.717) is 0 Å². The average molecular weight is 234 g/mol. The van der Waals surface area contributed by atoms with E-state index >= 15 is 0 Å². The van der Waals surface area contributed by atoms with Crippen molar-refractivity contribution in [2.75, 3.05) is 5.73 Å². The fourth-order valence-electron chi connectivity index (χ4n) is 1.94. The van der Waals surface area contributed by atoms with Crippen molar-refractivity contribution in [3.8, 4) is 0 Å². The molecular formula is C13H15FN2O. The van der Waals surface area contributed by atoms with Crippen molar-refractivity contribution in [3.05, 3.63) is 41.7 Å². The molecule has 0 heterocycles. The third-order valence-electron chi connectivity index (χ3n) is 2.79. The molecule has 90 valence electrons. The molecule has 0 fully saturated rings. The average Bonchev–Trinajstić information content (AvgIpc) is 2.29. The lowest BCUT2D eigenvalue weighted by Gasteiger charge is -2.19. The predicted molar refractivity (Wildman–Crippen MR) is 65.1 cm³/mol. The highest BCUT2D eigenvalue weighted by Gasteiger charge is 2.14. The second-order valence-corrected chi connectivity index (χ2v) is 4.23. The molecule has 17 heavy (non-hydrogen) atoms. The summed E-state index contributed by atoms with van der Waals surface area (Å²) in [7, 11) is 0. The number of carbonyl (C=O) groups is 1. The van der Waals surface area contributed by atoms with E-state index in [4.69, 9.17) is 5.73 Å². The van der Waals surface area contributed by atoms with Crippen molar-refractivity contribution in [2.24, 2.45) is 0 Å². The fraction of sp³-hybridized carbons (Fsp3) is 0.308. The van der Waals surface area contributed by atoms with Crippen molar-refractivity contribution in [1.29, 1.82) is 0 Å². The van der Waals surface area contributed by atoms with Crippen LogP contribution in [0.3, 0.4) is 0 Å². The van der Waals surface area contributed by atoms with Gasteiger partial charge in [0, 0.05) is 17.3 Å². The highest BCUT2D eigenvalue weighted by Crippen LogP contribution is 2.14. The summed E-state index contributed by atoms with van der Waals surface area (Å²) in [5.41, 5.74) is 6.04. The third kappa shape index (κ3) is 3.06. The van der Waals surface area contributed by atoms with Crippen molar-refractivity contribution in [2.45, 2.75) is 25.3 Å². The minimum absolute atomic E-state index is 0.136. The smallest absolute Gasteiger partial charge is 0.251 e. The maximum atomic E-state index is 13.1. The third-order valence-corrected chi connectivity index (χ3v) is 2.79. The van der Waals surface area contributed by atoms with Crippen molar-refractivity contribution in [3.63, 3.8) is 0 Å². The van der Waals surface area contributed by atoms with Gasteiger partial charge in [-0.1, -0.05) is 12.2 Å². The van der Waals surface area contributed by atoms with E-state index in [1.54, 1.807) is 0 Å². The van der Waals surface area contributed by atoms with Gasteiger partial charge in [-0.2, -0.15) is 0 Å². The number of benzene rings is 1. The lowest BCUT2D eigenvalue weighted by molar-refractivity contribution is 0.0934. The summed E-state index contributed by atoms with van der Waals surface area (Å²) in [4.78, 5) is 11.9. The van der Waals surface area contributed by atoms with E-state index in [0.717, 1.165) is 19.3 Å². The number of amides is 1. The van der Waals surface area contributed by atoms with Crippen LogP contribution in [-0.2, 0) is 0 Å². The lowest BCUT2D eigenvalue weighted by Crippen LogP contribution is -2.35. The summed E-state index contributed by atoms with van der Waals surface area (Å²) < 4.78 is 13.1. The molecule has 3 nitrogen and oxygen atoms in total. The Labute approximate surface area is 99.5 Å². The zero-order valence-corrected chi connectivity index (χ0v) is 9.45. The summed E-state index contributed by atoms with van der Waals surface area (Å²) in [5, 5.41) is 2.88. The second-order valence-electron chi connectivity index (χ2n) is 4.23. The molecule has 0 radical (unpaired) electrons. The number of nitrogens with one attached hydrogen (secondary N) is 1. The molecule has 1 aromatic carbocycles. The van der Waals surface area contributed by atoms with Crippen LogP contribution in [0.25, 0.3) is 0 Å². The van der Waals surface area contributed by atoms with Gasteiger partial charge in [0.1, 0.15) is 5.82 Å². The van der Waals surface area contributed by atoms with Gasteiger partial charge in [0.05, 0.1) is 0 Å². The van der Waals surface area contributed by atoms with Gasteiger partial charge in [-0.25, -0.2) is 4.39 Å². The molecule has 0 aliphatic heterocycles. The maximum absolute atomic E-state index is 13.1. The number of carbonyl (C=O) groups excluding carboxylic acids is 1. The Hall–Kier alpha value is -1.84. The number of nitrogen functional groups attached to an aromatic ring is 1. The molecule has 2 rings (SSSR count). The maximum Gasteiger partial charge on any atom is 0.251 e. The number of hydrogen-bond acceptors (Lipinski definition) is 2. The van der Waals surface area contributed by atoms with Crippen LogP contribution in [0.1, 0.15) is 29.6 Å². The fourth-order valence-corrected chi connectivity index (χ4v) is 1.94. The standard InChI is InChI=1S/C13H15FN2O/c14-10-6-9(7-11(15)8-10)13(17)16-12-4-2-1-3-5-12/h1-2,6-8,12H,3-5,15H2,(H,16,17). The van der Waals surface area contributed by atoms with Gasteiger partial charge in [-0.15, -0.1) is 0 Å². The van der Waals surface area contributed by atoms with Gasteiger partial charge in [0.2, 0.25) is 0 Å². The SMILES string of the molecule is Nc1cc(F)cc(C(=O)NC2CC=CCC2)c1. The quantitative estimate of drug-likeness (QED) is 0.609. The van der Waals surface area contributed by atoms with Crippen LogP contribution >= 0.6 is 0 Å². The first-order chi connectivity index (χ1) is 8.15. The number of anilines is 1.